The second-order valence-electron chi connectivity index (χ2n) is 10.3. The summed E-state index contributed by atoms with van der Waals surface area (Å²) in [6.07, 6.45) is 3.23. The fourth-order valence-corrected chi connectivity index (χ4v) is 4.72. The molecule has 0 saturated carbocycles. The van der Waals surface area contributed by atoms with E-state index in [1.54, 1.807) is 33.1 Å². The lowest BCUT2D eigenvalue weighted by Gasteiger charge is -2.36. The fraction of sp³-hybridized carbons (Fsp3) is 0.538. The third-order valence-corrected chi connectivity index (χ3v) is 6.58. The van der Waals surface area contributed by atoms with Crippen molar-refractivity contribution in [2.45, 2.75) is 76.9 Å². The van der Waals surface area contributed by atoms with E-state index < -0.39 is 5.60 Å². The number of aliphatic hydroxyl groups is 1. The van der Waals surface area contributed by atoms with Crippen molar-refractivity contribution in [3.63, 3.8) is 0 Å². The Morgan fingerprint density at radius 3 is 2.59 bits per heavy atom. The average Bonchev–Trinajstić information content (AvgIpc) is 2.70. The number of fused-ring (bicyclic) bond motifs is 2. The van der Waals surface area contributed by atoms with Gasteiger partial charge in [-0.3, -0.25) is 0 Å². The van der Waals surface area contributed by atoms with Crippen molar-refractivity contribution in [2.24, 2.45) is 0 Å². The van der Waals surface area contributed by atoms with Crippen molar-refractivity contribution in [1.82, 2.24) is 0 Å². The number of rotatable bonds is 5. The molecule has 2 aromatic rings. The standard InChI is InChI=1S/C26H34O6/c1-25(2,29)10-8-17-20(27)7-6-16(23(17)28)15-12-19-21(31-14-15)13-22-18(24(19)30-5)9-11-26(3,4)32-22/h6-7,13,15,27-29H,8-12,14H2,1-5H3/t15-/m0/s1. The van der Waals surface area contributed by atoms with Crippen LogP contribution in [0.25, 0.3) is 0 Å². The van der Waals surface area contributed by atoms with E-state index in [4.69, 9.17) is 14.2 Å². The summed E-state index contributed by atoms with van der Waals surface area (Å²) in [4.78, 5) is 0. The first-order valence-corrected chi connectivity index (χ1v) is 11.3. The molecule has 0 aromatic heterocycles. The van der Waals surface area contributed by atoms with Gasteiger partial charge in [-0.25, -0.2) is 0 Å². The molecule has 0 saturated heterocycles. The van der Waals surface area contributed by atoms with Crippen molar-refractivity contribution in [3.05, 3.63) is 40.5 Å². The molecule has 2 aliphatic heterocycles. The Balaban J connectivity index is 1.67. The van der Waals surface area contributed by atoms with Gasteiger partial charge >= 0.3 is 0 Å². The molecule has 0 unspecified atom stereocenters. The molecule has 6 heteroatoms. The Hall–Kier alpha value is -2.60. The first kappa shape index (κ1) is 22.6. The predicted octanol–water partition coefficient (Wildman–Crippen LogP) is 4.63. The molecule has 0 bridgehead atoms. The first-order valence-electron chi connectivity index (χ1n) is 11.3. The quantitative estimate of drug-likeness (QED) is 0.626. The van der Waals surface area contributed by atoms with Crippen LogP contribution in [0, 0.1) is 0 Å². The van der Waals surface area contributed by atoms with Crippen molar-refractivity contribution in [2.75, 3.05) is 13.7 Å². The SMILES string of the molecule is COc1c2c(cc3c1CCC(C)(C)O3)OC[C@@H](c1ccc(O)c(CCC(C)(C)O)c1O)C2. The smallest absolute Gasteiger partial charge is 0.132 e. The van der Waals surface area contributed by atoms with Gasteiger partial charge in [0.15, 0.2) is 0 Å². The summed E-state index contributed by atoms with van der Waals surface area (Å²) in [5, 5.41) is 31.4. The van der Waals surface area contributed by atoms with Crippen LogP contribution in [0.3, 0.4) is 0 Å². The lowest BCUT2D eigenvalue weighted by atomic mass is 9.85. The van der Waals surface area contributed by atoms with E-state index in [0.29, 0.717) is 31.4 Å². The average molecular weight is 443 g/mol. The van der Waals surface area contributed by atoms with Crippen LogP contribution in [0.2, 0.25) is 0 Å². The summed E-state index contributed by atoms with van der Waals surface area (Å²) in [5.74, 6) is 2.41. The molecule has 2 heterocycles. The van der Waals surface area contributed by atoms with Crippen LogP contribution in [0.1, 0.15) is 68.7 Å². The highest BCUT2D eigenvalue weighted by Gasteiger charge is 2.34. The number of phenolic OH excluding ortho intramolecular Hbond substituents is 2. The lowest BCUT2D eigenvalue weighted by molar-refractivity contribution is 0.0710. The maximum atomic E-state index is 11.0. The monoisotopic (exact) mass is 442 g/mol. The van der Waals surface area contributed by atoms with Gasteiger partial charge in [0.2, 0.25) is 0 Å². The Morgan fingerprint density at radius 2 is 1.91 bits per heavy atom. The summed E-state index contributed by atoms with van der Waals surface area (Å²) in [6.45, 7) is 8.01. The van der Waals surface area contributed by atoms with Gasteiger partial charge in [-0.2, -0.15) is 0 Å². The van der Waals surface area contributed by atoms with Gasteiger partial charge < -0.3 is 29.5 Å². The molecular formula is C26H34O6. The first-order chi connectivity index (χ1) is 15.0. The second-order valence-corrected chi connectivity index (χ2v) is 10.3. The maximum absolute atomic E-state index is 11.0. The van der Waals surface area contributed by atoms with E-state index in [1.807, 2.05) is 6.07 Å². The molecule has 0 amide bonds. The minimum Gasteiger partial charge on any atom is -0.508 e. The van der Waals surface area contributed by atoms with Gasteiger partial charge in [0, 0.05) is 34.2 Å². The Labute approximate surface area is 189 Å². The van der Waals surface area contributed by atoms with Crippen LogP contribution in [-0.4, -0.2) is 40.2 Å². The number of hydrogen-bond donors (Lipinski definition) is 3. The second kappa shape index (κ2) is 8.07. The van der Waals surface area contributed by atoms with E-state index in [9.17, 15) is 15.3 Å². The molecule has 2 aliphatic rings. The van der Waals surface area contributed by atoms with Crippen molar-refractivity contribution >= 4 is 0 Å². The number of benzene rings is 2. The summed E-state index contributed by atoms with van der Waals surface area (Å²) in [6, 6.07) is 5.34. The van der Waals surface area contributed by atoms with Gasteiger partial charge in [0.25, 0.3) is 0 Å². The molecular weight excluding hydrogens is 408 g/mol. The number of aromatic hydroxyl groups is 2. The highest BCUT2D eigenvalue weighted by molar-refractivity contribution is 5.60. The van der Waals surface area contributed by atoms with E-state index in [2.05, 4.69) is 13.8 Å². The summed E-state index contributed by atoms with van der Waals surface area (Å²) in [5.41, 5.74) is 2.14. The van der Waals surface area contributed by atoms with E-state index in [0.717, 1.165) is 46.8 Å². The van der Waals surface area contributed by atoms with Gasteiger partial charge in [-0.15, -0.1) is 0 Å². The van der Waals surface area contributed by atoms with E-state index in [-0.39, 0.29) is 23.0 Å². The Bertz CT molecular complexity index is 1020. The van der Waals surface area contributed by atoms with Crippen LogP contribution < -0.4 is 14.2 Å². The molecule has 174 valence electrons. The van der Waals surface area contributed by atoms with Crippen LogP contribution in [0.5, 0.6) is 28.7 Å². The highest BCUT2D eigenvalue weighted by atomic mass is 16.5. The molecule has 0 radical (unpaired) electrons. The molecule has 6 nitrogen and oxygen atoms in total. The van der Waals surface area contributed by atoms with Crippen LogP contribution >= 0.6 is 0 Å². The van der Waals surface area contributed by atoms with Gasteiger partial charge in [0.05, 0.1) is 19.3 Å². The van der Waals surface area contributed by atoms with Crippen LogP contribution in [0.15, 0.2) is 18.2 Å². The fourth-order valence-electron chi connectivity index (χ4n) is 4.72. The molecule has 2 aromatic carbocycles. The number of hydrogen-bond acceptors (Lipinski definition) is 6. The van der Waals surface area contributed by atoms with Crippen molar-refractivity contribution in [1.29, 1.82) is 0 Å². The molecule has 1 atom stereocenters. The summed E-state index contributed by atoms with van der Waals surface area (Å²) in [7, 11) is 1.67. The van der Waals surface area contributed by atoms with E-state index in [1.165, 1.54) is 0 Å². The zero-order chi connectivity index (χ0) is 23.3. The van der Waals surface area contributed by atoms with Gasteiger partial charge in [0.1, 0.15) is 34.3 Å². The third-order valence-electron chi connectivity index (χ3n) is 6.58. The van der Waals surface area contributed by atoms with E-state index >= 15 is 0 Å². The zero-order valence-corrected chi connectivity index (χ0v) is 19.6. The number of phenols is 2. The summed E-state index contributed by atoms with van der Waals surface area (Å²) >= 11 is 0. The Kier molecular flexibility index (Phi) is 5.70. The number of ether oxygens (including phenoxy) is 3. The third kappa shape index (κ3) is 4.33. The van der Waals surface area contributed by atoms with Gasteiger partial charge in [-0.05, 0) is 65.9 Å². The predicted molar refractivity (Wildman–Crippen MR) is 122 cm³/mol. The molecule has 0 spiro atoms. The lowest BCUT2D eigenvalue weighted by Crippen LogP contribution is -2.33. The molecule has 3 N–H and O–H groups in total. The van der Waals surface area contributed by atoms with Gasteiger partial charge in [-0.1, -0.05) is 6.07 Å². The zero-order valence-electron chi connectivity index (χ0n) is 19.6. The molecule has 32 heavy (non-hydrogen) atoms. The minimum absolute atomic E-state index is 0.0408. The van der Waals surface area contributed by atoms with Crippen molar-refractivity contribution in [3.8, 4) is 28.7 Å². The Morgan fingerprint density at radius 1 is 1.16 bits per heavy atom. The molecule has 0 aliphatic carbocycles. The normalized spacial score (nSPS) is 19.4. The van der Waals surface area contributed by atoms with Crippen LogP contribution in [0.4, 0.5) is 0 Å². The summed E-state index contributed by atoms with van der Waals surface area (Å²) < 4.78 is 18.1. The minimum atomic E-state index is -0.884. The topological polar surface area (TPSA) is 88.4 Å². The van der Waals surface area contributed by atoms with Crippen LogP contribution in [-0.2, 0) is 19.3 Å². The molecule has 0 fully saturated rings. The maximum Gasteiger partial charge on any atom is 0.132 e. The molecule has 4 rings (SSSR count). The largest absolute Gasteiger partial charge is 0.508 e. The number of methoxy groups -OCH3 is 1. The highest BCUT2D eigenvalue weighted by Crippen LogP contribution is 2.49. The van der Waals surface area contributed by atoms with Crippen molar-refractivity contribution < 1.29 is 29.5 Å².